The van der Waals surface area contributed by atoms with Crippen molar-refractivity contribution in [3.05, 3.63) is 58.8 Å². The van der Waals surface area contributed by atoms with Gasteiger partial charge in [0, 0.05) is 16.9 Å². The summed E-state index contributed by atoms with van der Waals surface area (Å²) >= 11 is 3.22. The monoisotopic (exact) mass is 399 g/mol. The molecule has 1 amide bonds. The van der Waals surface area contributed by atoms with Crippen molar-refractivity contribution in [2.75, 3.05) is 0 Å². The van der Waals surface area contributed by atoms with E-state index in [1.54, 1.807) is 30.5 Å². The zero-order valence-electron chi connectivity index (χ0n) is 11.8. The highest BCUT2D eigenvalue weighted by Gasteiger charge is 2.26. The maximum Gasteiger partial charge on any atom is 0.261 e. The van der Waals surface area contributed by atoms with Crippen LogP contribution in [-0.2, 0) is 21.2 Å². The molecule has 0 saturated heterocycles. The molecule has 0 aliphatic heterocycles. The van der Waals surface area contributed by atoms with Crippen LogP contribution in [0.2, 0.25) is 0 Å². The number of nitrogens with zero attached hydrogens (tertiary/aromatic N) is 1. The second-order valence-corrected chi connectivity index (χ2v) is 7.30. The molecule has 0 radical (unpaired) electrons. The third-order valence-electron chi connectivity index (χ3n) is 3.01. The lowest BCUT2D eigenvalue weighted by Gasteiger charge is -2.17. The number of halogens is 1. The number of rotatable bonds is 6. The minimum Gasteiger partial charge on any atom is -0.289 e. The lowest BCUT2D eigenvalue weighted by molar-refractivity contribution is -0.130. The molecule has 7 nitrogen and oxygen atoms in total. The molecule has 1 heterocycles. The van der Waals surface area contributed by atoms with Crippen molar-refractivity contribution >= 4 is 31.9 Å². The van der Waals surface area contributed by atoms with Gasteiger partial charge in [0.1, 0.15) is 6.04 Å². The Kier molecular flexibility index (Phi) is 5.83. The van der Waals surface area contributed by atoms with Gasteiger partial charge in [-0.2, -0.15) is 4.72 Å². The molecule has 9 heteroatoms. The van der Waals surface area contributed by atoms with Gasteiger partial charge in [0.25, 0.3) is 5.91 Å². The van der Waals surface area contributed by atoms with E-state index in [4.69, 9.17) is 5.21 Å². The highest BCUT2D eigenvalue weighted by molar-refractivity contribution is 9.10. The molecule has 23 heavy (non-hydrogen) atoms. The van der Waals surface area contributed by atoms with Crippen LogP contribution in [-0.4, -0.2) is 30.6 Å². The largest absolute Gasteiger partial charge is 0.289 e. The minimum absolute atomic E-state index is 0.0163. The molecule has 2 rings (SSSR count). The van der Waals surface area contributed by atoms with Crippen molar-refractivity contribution in [2.45, 2.75) is 17.4 Å². The first-order chi connectivity index (χ1) is 10.9. The van der Waals surface area contributed by atoms with E-state index in [-0.39, 0.29) is 11.3 Å². The Morgan fingerprint density at radius 1 is 1.26 bits per heavy atom. The van der Waals surface area contributed by atoms with E-state index < -0.39 is 22.0 Å². The lowest BCUT2D eigenvalue weighted by atomic mass is 10.1. The molecule has 0 aliphatic rings. The molecule has 2 aromatic rings. The molecule has 1 aromatic heterocycles. The fraction of sp³-hybridized carbons (Fsp3) is 0.143. The van der Waals surface area contributed by atoms with Gasteiger partial charge in [-0.25, -0.2) is 13.9 Å². The first-order valence-electron chi connectivity index (χ1n) is 6.53. The van der Waals surface area contributed by atoms with Crippen molar-refractivity contribution in [1.29, 1.82) is 0 Å². The molecular weight excluding hydrogens is 386 g/mol. The molecular formula is C14H14BrN3O4S. The first-order valence-corrected chi connectivity index (χ1v) is 8.81. The van der Waals surface area contributed by atoms with E-state index >= 15 is 0 Å². The Morgan fingerprint density at radius 2 is 1.96 bits per heavy atom. The van der Waals surface area contributed by atoms with Gasteiger partial charge in [0.2, 0.25) is 10.0 Å². The minimum atomic E-state index is -3.91. The molecule has 1 atom stereocenters. The Labute approximate surface area is 141 Å². The molecule has 1 unspecified atom stereocenters. The summed E-state index contributed by atoms with van der Waals surface area (Å²) in [7, 11) is -3.91. The van der Waals surface area contributed by atoms with Crippen LogP contribution < -0.4 is 10.2 Å². The Bertz CT molecular complexity index is 766. The molecule has 0 fully saturated rings. The average Bonchev–Trinajstić information content (AvgIpc) is 2.54. The van der Waals surface area contributed by atoms with Gasteiger partial charge in [-0.3, -0.25) is 15.0 Å². The number of carbonyl (C=O) groups excluding carboxylic acids is 1. The third kappa shape index (κ3) is 4.83. The summed E-state index contributed by atoms with van der Waals surface area (Å²) in [4.78, 5) is 15.7. The Morgan fingerprint density at radius 3 is 2.52 bits per heavy atom. The maximum absolute atomic E-state index is 12.4. The summed E-state index contributed by atoms with van der Waals surface area (Å²) < 4.78 is 27.7. The number of sulfonamides is 1. The van der Waals surface area contributed by atoms with Crippen molar-refractivity contribution < 1.29 is 18.4 Å². The van der Waals surface area contributed by atoms with Gasteiger partial charge in [-0.15, -0.1) is 0 Å². The Balaban J connectivity index is 2.23. The van der Waals surface area contributed by atoms with E-state index in [1.807, 2.05) is 0 Å². The summed E-state index contributed by atoms with van der Waals surface area (Å²) in [6.07, 6.45) is 3.14. The van der Waals surface area contributed by atoms with Gasteiger partial charge in [-0.1, -0.05) is 22.0 Å². The van der Waals surface area contributed by atoms with Crippen molar-refractivity contribution in [1.82, 2.24) is 15.2 Å². The number of pyridine rings is 1. The van der Waals surface area contributed by atoms with Crippen LogP contribution in [0.3, 0.4) is 0 Å². The summed E-state index contributed by atoms with van der Waals surface area (Å²) in [5.74, 6) is -0.852. The van der Waals surface area contributed by atoms with Gasteiger partial charge >= 0.3 is 0 Å². The molecule has 1 aromatic carbocycles. The highest BCUT2D eigenvalue weighted by Crippen LogP contribution is 2.15. The van der Waals surface area contributed by atoms with E-state index in [0.717, 1.165) is 4.47 Å². The first kappa shape index (κ1) is 17.5. The molecule has 0 aliphatic carbocycles. The average molecular weight is 400 g/mol. The van der Waals surface area contributed by atoms with E-state index in [2.05, 4.69) is 25.6 Å². The van der Waals surface area contributed by atoms with E-state index in [1.165, 1.54) is 23.8 Å². The second kappa shape index (κ2) is 7.64. The van der Waals surface area contributed by atoms with Crippen LogP contribution in [0.5, 0.6) is 0 Å². The number of amides is 1. The molecule has 0 saturated carbocycles. The van der Waals surface area contributed by atoms with Gasteiger partial charge in [-0.05, 0) is 42.3 Å². The maximum atomic E-state index is 12.4. The van der Waals surface area contributed by atoms with Crippen molar-refractivity contribution in [2.24, 2.45) is 0 Å². The van der Waals surface area contributed by atoms with Crippen LogP contribution >= 0.6 is 15.9 Å². The zero-order valence-corrected chi connectivity index (χ0v) is 14.2. The van der Waals surface area contributed by atoms with Crippen LogP contribution in [0.4, 0.5) is 0 Å². The predicted octanol–water partition coefficient (Wildman–Crippen LogP) is 1.24. The van der Waals surface area contributed by atoms with Crippen LogP contribution in [0.1, 0.15) is 5.56 Å². The quantitative estimate of drug-likeness (QED) is 0.500. The number of aromatic nitrogens is 1. The number of benzene rings is 1. The lowest BCUT2D eigenvalue weighted by Crippen LogP contribution is -2.47. The van der Waals surface area contributed by atoms with Crippen LogP contribution in [0.25, 0.3) is 0 Å². The fourth-order valence-corrected chi connectivity index (χ4v) is 3.35. The SMILES string of the molecule is O=C(NO)C(Cc1cccnc1)NS(=O)(=O)c1ccc(Br)cc1. The van der Waals surface area contributed by atoms with Crippen LogP contribution in [0, 0.1) is 0 Å². The summed E-state index contributed by atoms with van der Waals surface area (Å²) in [5.41, 5.74) is 2.13. The summed E-state index contributed by atoms with van der Waals surface area (Å²) in [6, 6.07) is 8.19. The number of nitrogens with one attached hydrogen (secondary N) is 2. The van der Waals surface area contributed by atoms with Crippen molar-refractivity contribution in [3.63, 3.8) is 0 Å². The number of hydrogen-bond donors (Lipinski definition) is 3. The molecule has 122 valence electrons. The van der Waals surface area contributed by atoms with Gasteiger partial charge < -0.3 is 0 Å². The highest BCUT2D eigenvalue weighted by atomic mass is 79.9. The number of hydroxylamine groups is 1. The van der Waals surface area contributed by atoms with Crippen molar-refractivity contribution in [3.8, 4) is 0 Å². The molecule has 0 bridgehead atoms. The topological polar surface area (TPSA) is 108 Å². The van der Waals surface area contributed by atoms with Gasteiger partial charge in [0.05, 0.1) is 4.90 Å². The van der Waals surface area contributed by atoms with E-state index in [0.29, 0.717) is 5.56 Å². The number of carbonyl (C=O) groups is 1. The standard InChI is InChI=1S/C14H14BrN3O4S/c15-11-3-5-12(6-4-11)23(21,22)18-13(14(19)17-20)8-10-2-1-7-16-9-10/h1-7,9,13,18,20H,8H2,(H,17,19). The third-order valence-corrected chi connectivity index (χ3v) is 5.03. The zero-order chi connectivity index (χ0) is 16.9. The Hall–Kier alpha value is -1.81. The number of hydrogen-bond acceptors (Lipinski definition) is 5. The molecule has 3 N–H and O–H groups in total. The normalized spacial score (nSPS) is 12.6. The molecule has 0 spiro atoms. The predicted molar refractivity (Wildman–Crippen MR) is 86.1 cm³/mol. The fourth-order valence-electron chi connectivity index (χ4n) is 1.89. The van der Waals surface area contributed by atoms with Gasteiger partial charge in [0.15, 0.2) is 0 Å². The van der Waals surface area contributed by atoms with E-state index in [9.17, 15) is 13.2 Å². The second-order valence-electron chi connectivity index (χ2n) is 4.67. The smallest absolute Gasteiger partial charge is 0.261 e. The summed E-state index contributed by atoms with van der Waals surface area (Å²) in [6.45, 7) is 0. The van der Waals surface area contributed by atoms with Crippen LogP contribution in [0.15, 0.2) is 58.2 Å². The summed E-state index contributed by atoms with van der Waals surface area (Å²) in [5, 5.41) is 8.83.